The van der Waals surface area contributed by atoms with Crippen molar-refractivity contribution in [3.05, 3.63) is 29.8 Å². The molecule has 0 saturated carbocycles. The fraction of sp³-hybridized carbons (Fsp3) is 0.800. The van der Waals surface area contributed by atoms with Gasteiger partial charge in [0, 0.05) is 0 Å². The zero-order valence-electron chi connectivity index (χ0n) is 23.5. The third-order valence-corrected chi connectivity index (χ3v) is 5.98. The van der Waals surface area contributed by atoms with Crippen molar-refractivity contribution in [1.82, 2.24) is 0 Å². The van der Waals surface area contributed by atoms with Crippen LogP contribution in [-0.2, 0) is 30.1 Å². The number of benzene rings is 1. The van der Waals surface area contributed by atoms with Crippen molar-refractivity contribution in [3.63, 3.8) is 0 Å². The molecule has 1 rings (SSSR count). The molecule has 0 bridgehead atoms. The van der Waals surface area contributed by atoms with Crippen molar-refractivity contribution in [3.8, 4) is 5.75 Å². The van der Waals surface area contributed by atoms with Gasteiger partial charge in [-0.1, -0.05) is 82.9 Å². The van der Waals surface area contributed by atoms with E-state index in [-0.39, 0.29) is 6.61 Å². The molecule has 37 heavy (non-hydrogen) atoms. The lowest BCUT2D eigenvalue weighted by Crippen LogP contribution is -2.14. The highest BCUT2D eigenvalue weighted by atomic mass is 16.6. The first kappa shape index (κ1) is 33.8. The summed E-state index contributed by atoms with van der Waals surface area (Å²) in [5.41, 5.74) is 1.30. The molecule has 0 radical (unpaired) electrons. The van der Waals surface area contributed by atoms with E-state index in [4.69, 9.17) is 33.5 Å². The summed E-state index contributed by atoms with van der Waals surface area (Å²) < 4.78 is 33.0. The molecule has 7 heteroatoms. The van der Waals surface area contributed by atoms with E-state index in [1.807, 2.05) is 6.07 Å². The van der Waals surface area contributed by atoms with Gasteiger partial charge in [-0.05, 0) is 24.5 Å². The van der Waals surface area contributed by atoms with Gasteiger partial charge in [0.15, 0.2) is 0 Å². The molecular formula is C30H54O7. The zero-order valence-corrected chi connectivity index (χ0v) is 23.5. The van der Waals surface area contributed by atoms with Crippen LogP contribution in [0.25, 0.3) is 0 Å². The van der Waals surface area contributed by atoms with Gasteiger partial charge in [0.25, 0.3) is 0 Å². The number of para-hydroxylation sites is 1. The second-order valence-corrected chi connectivity index (χ2v) is 9.17. The van der Waals surface area contributed by atoms with Crippen LogP contribution in [0.2, 0.25) is 0 Å². The molecule has 0 fully saturated rings. The number of ether oxygens (including phenoxy) is 6. The molecule has 1 aromatic rings. The van der Waals surface area contributed by atoms with Crippen LogP contribution in [0, 0.1) is 0 Å². The van der Waals surface area contributed by atoms with E-state index in [0.717, 1.165) is 12.2 Å². The SMILES string of the molecule is CCCCCCCCCCCCc1ccccc1OCCOCCOCCOCCOCCOCCO. The van der Waals surface area contributed by atoms with Crippen LogP contribution in [0.5, 0.6) is 5.75 Å². The normalized spacial score (nSPS) is 11.3. The Balaban J connectivity index is 1.91. The van der Waals surface area contributed by atoms with Crippen molar-refractivity contribution in [1.29, 1.82) is 0 Å². The first-order valence-corrected chi connectivity index (χ1v) is 14.6. The lowest BCUT2D eigenvalue weighted by molar-refractivity contribution is -0.0146. The predicted molar refractivity (Wildman–Crippen MR) is 149 cm³/mol. The molecule has 1 N–H and O–H groups in total. The predicted octanol–water partition coefficient (Wildman–Crippen LogP) is 5.60. The number of hydrogen-bond donors (Lipinski definition) is 1. The number of aryl methyl sites for hydroxylation is 1. The smallest absolute Gasteiger partial charge is 0.122 e. The molecule has 0 spiro atoms. The summed E-state index contributed by atoms with van der Waals surface area (Å²) in [4.78, 5) is 0. The van der Waals surface area contributed by atoms with E-state index in [9.17, 15) is 0 Å². The summed E-state index contributed by atoms with van der Waals surface area (Å²) in [5.74, 6) is 0.983. The third-order valence-electron chi connectivity index (χ3n) is 5.98. The van der Waals surface area contributed by atoms with Gasteiger partial charge in [0.05, 0.1) is 72.7 Å². The zero-order chi connectivity index (χ0) is 26.5. The lowest BCUT2D eigenvalue weighted by atomic mass is 10.0. The maximum absolute atomic E-state index is 8.59. The van der Waals surface area contributed by atoms with Crippen molar-refractivity contribution in [2.24, 2.45) is 0 Å². The van der Waals surface area contributed by atoms with Crippen molar-refractivity contribution in [2.45, 2.75) is 77.6 Å². The summed E-state index contributed by atoms with van der Waals surface area (Å²) in [6.07, 6.45) is 14.6. The number of unbranched alkanes of at least 4 members (excludes halogenated alkanes) is 9. The first-order chi connectivity index (χ1) is 18.4. The summed E-state index contributed by atoms with van der Waals surface area (Å²) in [7, 11) is 0. The van der Waals surface area contributed by atoms with E-state index < -0.39 is 0 Å². The van der Waals surface area contributed by atoms with Crippen molar-refractivity contribution in [2.75, 3.05) is 79.3 Å². The molecule has 0 atom stereocenters. The first-order valence-electron chi connectivity index (χ1n) is 14.6. The highest BCUT2D eigenvalue weighted by Gasteiger charge is 2.03. The van der Waals surface area contributed by atoms with Crippen LogP contribution in [-0.4, -0.2) is 84.4 Å². The van der Waals surface area contributed by atoms with Crippen LogP contribution in [0.4, 0.5) is 0 Å². The molecule has 0 aliphatic rings. The Bertz CT molecular complexity index is 585. The number of aliphatic hydroxyl groups is 1. The van der Waals surface area contributed by atoms with Gasteiger partial charge in [-0.15, -0.1) is 0 Å². The Morgan fingerprint density at radius 1 is 0.514 bits per heavy atom. The maximum Gasteiger partial charge on any atom is 0.122 e. The van der Waals surface area contributed by atoms with E-state index in [1.165, 1.54) is 69.8 Å². The largest absolute Gasteiger partial charge is 0.491 e. The molecule has 0 aliphatic carbocycles. The summed E-state index contributed by atoms with van der Waals surface area (Å²) in [6.45, 7) is 7.94. The quantitative estimate of drug-likeness (QED) is 0.136. The Kier molecular flexibility index (Phi) is 25.4. The van der Waals surface area contributed by atoms with Crippen LogP contribution in [0.1, 0.15) is 76.7 Å². The summed E-state index contributed by atoms with van der Waals surface area (Å²) >= 11 is 0. The van der Waals surface area contributed by atoms with E-state index in [2.05, 4.69) is 25.1 Å². The Hall–Kier alpha value is -1.22. The summed E-state index contributed by atoms with van der Waals surface area (Å²) in [6, 6.07) is 8.37. The molecule has 0 aliphatic heterocycles. The number of rotatable bonds is 29. The Labute approximate surface area is 226 Å². The van der Waals surface area contributed by atoms with Gasteiger partial charge < -0.3 is 33.5 Å². The van der Waals surface area contributed by atoms with E-state index in [1.54, 1.807) is 0 Å². The minimum absolute atomic E-state index is 0.0377. The van der Waals surface area contributed by atoms with Crippen molar-refractivity contribution >= 4 is 0 Å². The fourth-order valence-corrected chi connectivity index (χ4v) is 3.91. The van der Waals surface area contributed by atoms with Gasteiger partial charge in [0.1, 0.15) is 12.4 Å². The van der Waals surface area contributed by atoms with Crippen LogP contribution < -0.4 is 4.74 Å². The van der Waals surface area contributed by atoms with Gasteiger partial charge in [-0.3, -0.25) is 0 Å². The minimum atomic E-state index is 0.0377. The average molecular weight is 527 g/mol. The molecule has 216 valence electrons. The standard InChI is InChI=1S/C30H54O7/c1-2-3-4-5-6-7-8-9-10-11-14-29-15-12-13-16-30(29)37-28-27-36-26-25-35-24-23-34-22-21-33-20-19-32-18-17-31/h12-13,15-16,31H,2-11,14,17-28H2,1H3. The summed E-state index contributed by atoms with van der Waals surface area (Å²) in [5, 5.41) is 8.59. The lowest BCUT2D eigenvalue weighted by Gasteiger charge is -2.12. The van der Waals surface area contributed by atoms with E-state index in [0.29, 0.717) is 72.7 Å². The maximum atomic E-state index is 8.59. The molecule has 0 heterocycles. The van der Waals surface area contributed by atoms with Gasteiger partial charge in [-0.25, -0.2) is 0 Å². The topological polar surface area (TPSA) is 75.6 Å². The Morgan fingerprint density at radius 2 is 0.946 bits per heavy atom. The van der Waals surface area contributed by atoms with Crippen LogP contribution in [0.15, 0.2) is 24.3 Å². The van der Waals surface area contributed by atoms with Gasteiger partial charge >= 0.3 is 0 Å². The van der Waals surface area contributed by atoms with E-state index >= 15 is 0 Å². The minimum Gasteiger partial charge on any atom is -0.491 e. The highest BCUT2D eigenvalue weighted by molar-refractivity contribution is 5.33. The molecule has 7 nitrogen and oxygen atoms in total. The molecule has 0 saturated heterocycles. The Morgan fingerprint density at radius 3 is 1.46 bits per heavy atom. The number of aliphatic hydroxyl groups excluding tert-OH is 1. The fourth-order valence-electron chi connectivity index (χ4n) is 3.91. The molecule has 0 unspecified atom stereocenters. The molecule has 0 aromatic heterocycles. The van der Waals surface area contributed by atoms with Crippen LogP contribution >= 0.6 is 0 Å². The molecular weight excluding hydrogens is 472 g/mol. The molecule has 1 aromatic carbocycles. The van der Waals surface area contributed by atoms with Gasteiger partial charge in [0.2, 0.25) is 0 Å². The monoisotopic (exact) mass is 526 g/mol. The van der Waals surface area contributed by atoms with Gasteiger partial charge in [-0.2, -0.15) is 0 Å². The second kappa shape index (κ2) is 27.8. The second-order valence-electron chi connectivity index (χ2n) is 9.17. The highest BCUT2D eigenvalue weighted by Crippen LogP contribution is 2.21. The number of hydrogen-bond acceptors (Lipinski definition) is 7. The van der Waals surface area contributed by atoms with Crippen molar-refractivity contribution < 1.29 is 33.5 Å². The average Bonchev–Trinajstić information content (AvgIpc) is 2.92. The molecule has 0 amide bonds. The van der Waals surface area contributed by atoms with Crippen LogP contribution in [0.3, 0.4) is 0 Å². The third kappa shape index (κ3) is 22.5.